The Morgan fingerprint density at radius 2 is 2.05 bits per heavy atom. The van der Waals surface area contributed by atoms with Gasteiger partial charge >= 0.3 is 0 Å². The third-order valence-electron chi connectivity index (χ3n) is 3.00. The molecule has 0 spiro atoms. The zero-order valence-corrected chi connectivity index (χ0v) is 14.1. The molecule has 0 fully saturated rings. The maximum Gasteiger partial charge on any atom is 0.129 e. The van der Waals surface area contributed by atoms with Crippen LogP contribution in [0.3, 0.4) is 0 Å². The summed E-state index contributed by atoms with van der Waals surface area (Å²) in [5.41, 5.74) is 0.435. The Bertz CT molecular complexity index is 425. The molecule has 4 nitrogen and oxygen atoms in total. The highest BCUT2D eigenvalue weighted by molar-refractivity contribution is 6.31. The summed E-state index contributed by atoms with van der Waals surface area (Å²) in [7, 11) is 1.80. The summed E-state index contributed by atoms with van der Waals surface area (Å²) in [6.07, 6.45) is -0.472. The lowest BCUT2D eigenvalue weighted by Crippen LogP contribution is -2.32. The maximum absolute atomic E-state index is 13.7. The first-order valence-corrected chi connectivity index (χ1v) is 7.76. The standard InChI is InChI=1S/C16H25ClFNO3/c1-12(2)22-8-7-21-11-13(20)9-19(3)10-14-15(17)5-4-6-16(14)18/h4-6,12-13,20H,7-11H2,1-3H3. The van der Waals surface area contributed by atoms with E-state index in [1.807, 2.05) is 18.7 Å². The average Bonchev–Trinajstić information content (AvgIpc) is 2.42. The molecule has 1 aromatic carbocycles. The van der Waals surface area contributed by atoms with Crippen LogP contribution in [0.1, 0.15) is 19.4 Å². The fourth-order valence-corrected chi connectivity index (χ4v) is 2.22. The van der Waals surface area contributed by atoms with Crippen LogP contribution in [0, 0.1) is 5.82 Å². The second kappa shape index (κ2) is 10.1. The molecule has 0 heterocycles. The number of aliphatic hydroxyl groups is 1. The van der Waals surface area contributed by atoms with E-state index in [2.05, 4.69) is 0 Å². The minimum Gasteiger partial charge on any atom is -0.389 e. The molecule has 1 N–H and O–H groups in total. The molecule has 1 unspecified atom stereocenters. The summed E-state index contributed by atoms with van der Waals surface area (Å²) in [6, 6.07) is 4.61. The van der Waals surface area contributed by atoms with E-state index in [0.29, 0.717) is 36.9 Å². The maximum atomic E-state index is 13.7. The van der Waals surface area contributed by atoms with E-state index in [1.54, 1.807) is 19.2 Å². The Hall–Kier alpha value is -0.720. The number of aliphatic hydroxyl groups excluding tert-OH is 1. The Kier molecular flexibility index (Phi) is 8.90. The van der Waals surface area contributed by atoms with Crippen molar-refractivity contribution in [2.45, 2.75) is 32.6 Å². The Balaban J connectivity index is 2.28. The van der Waals surface area contributed by atoms with Crippen molar-refractivity contribution in [1.82, 2.24) is 4.90 Å². The summed E-state index contributed by atoms with van der Waals surface area (Å²) in [5, 5.41) is 10.3. The van der Waals surface area contributed by atoms with E-state index in [-0.39, 0.29) is 18.5 Å². The SMILES string of the molecule is CC(C)OCCOCC(O)CN(C)Cc1c(F)cccc1Cl. The predicted molar refractivity (Wildman–Crippen MR) is 85.7 cm³/mol. The number of hydrogen-bond acceptors (Lipinski definition) is 4. The van der Waals surface area contributed by atoms with E-state index >= 15 is 0 Å². The van der Waals surface area contributed by atoms with Crippen molar-refractivity contribution in [2.24, 2.45) is 0 Å². The van der Waals surface area contributed by atoms with E-state index in [0.717, 1.165) is 0 Å². The quantitative estimate of drug-likeness (QED) is 0.668. The van der Waals surface area contributed by atoms with Gasteiger partial charge in [-0.05, 0) is 33.0 Å². The van der Waals surface area contributed by atoms with Crippen LogP contribution in [0.4, 0.5) is 4.39 Å². The van der Waals surface area contributed by atoms with Crippen molar-refractivity contribution in [2.75, 3.05) is 33.4 Å². The molecule has 0 aliphatic rings. The Morgan fingerprint density at radius 3 is 2.68 bits per heavy atom. The van der Waals surface area contributed by atoms with Crippen molar-refractivity contribution < 1.29 is 19.0 Å². The normalized spacial score (nSPS) is 13.1. The molecular formula is C16H25ClFNO3. The third kappa shape index (κ3) is 7.51. The van der Waals surface area contributed by atoms with Gasteiger partial charge in [0.1, 0.15) is 5.82 Å². The van der Waals surface area contributed by atoms with Gasteiger partial charge < -0.3 is 14.6 Å². The second-order valence-electron chi connectivity index (χ2n) is 5.55. The second-order valence-corrected chi connectivity index (χ2v) is 5.95. The number of benzene rings is 1. The van der Waals surface area contributed by atoms with Crippen LogP contribution in [0.5, 0.6) is 0 Å². The number of nitrogens with zero attached hydrogens (tertiary/aromatic N) is 1. The summed E-state index contributed by atoms with van der Waals surface area (Å²) in [5.74, 6) is -0.337. The highest BCUT2D eigenvalue weighted by Gasteiger charge is 2.13. The monoisotopic (exact) mass is 333 g/mol. The molecular weight excluding hydrogens is 309 g/mol. The average molecular weight is 334 g/mol. The van der Waals surface area contributed by atoms with Gasteiger partial charge in [0.05, 0.1) is 32.0 Å². The van der Waals surface area contributed by atoms with Gasteiger partial charge in [0.2, 0.25) is 0 Å². The molecule has 126 valence electrons. The minimum absolute atomic E-state index is 0.171. The third-order valence-corrected chi connectivity index (χ3v) is 3.36. The van der Waals surface area contributed by atoms with E-state index < -0.39 is 6.10 Å². The Labute approximate surface area is 136 Å². The molecule has 0 amide bonds. The first kappa shape index (κ1) is 19.3. The molecule has 0 aliphatic carbocycles. The molecule has 0 saturated carbocycles. The van der Waals surface area contributed by atoms with Crippen LogP contribution in [-0.4, -0.2) is 55.6 Å². The fourth-order valence-electron chi connectivity index (χ4n) is 1.99. The van der Waals surface area contributed by atoms with Gasteiger partial charge in [-0.3, -0.25) is 4.90 Å². The lowest BCUT2D eigenvalue weighted by Gasteiger charge is -2.21. The first-order valence-electron chi connectivity index (χ1n) is 7.39. The van der Waals surface area contributed by atoms with Crippen LogP contribution in [-0.2, 0) is 16.0 Å². The van der Waals surface area contributed by atoms with Gasteiger partial charge in [-0.25, -0.2) is 4.39 Å². The number of rotatable bonds is 10. The number of likely N-dealkylation sites (N-methyl/N-ethyl adjacent to an activating group) is 1. The van der Waals surface area contributed by atoms with Gasteiger partial charge in [0.25, 0.3) is 0 Å². The zero-order chi connectivity index (χ0) is 16.5. The number of hydrogen-bond donors (Lipinski definition) is 1. The van der Waals surface area contributed by atoms with Gasteiger partial charge in [-0.15, -0.1) is 0 Å². The molecule has 1 aromatic rings. The van der Waals surface area contributed by atoms with Gasteiger partial charge in [-0.1, -0.05) is 17.7 Å². The van der Waals surface area contributed by atoms with Gasteiger partial charge in [0, 0.05) is 23.7 Å². The highest BCUT2D eigenvalue weighted by atomic mass is 35.5. The van der Waals surface area contributed by atoms with Crippen molar-refractivity contribution in [3.8, 4) is 0 Å². The summed E-state index contributed by atoms with van der Waals surface area (Å²) in [6.45, 7) is 5.78. The van der Waals surface area contributed by atoms with Crippen molar-refractivity contribution in [3.63, 3.8) is 0 Å². The van der Waals surface area contributed by atoms with E-state index in [9.17, 15) is 9.50 Å². The summed E-state index contributed by atoms with van der Waals surface area (Å²) >= 11 is 5.99. The zero-order valence-electron chi connectivity index (χ0n) is 13.4. The molecule has 1 rings (SSSR count). The lowest BCUT2D eigenvalue weighted by atomic mass is 10.2. The van der Waals surface area contributed by atoms with E-state index in [4.69, 9.17) is 21.1 Å². The highest BCUT2D eigenvalue weighted by Crippen LogP contribution is 2.20. The predicted octanol–water partition coefficient (Wildman–Crippen LogP) is 2.71. The van der Waals surface area contributed by atoms with Crippen LogP contribution in [0.25, 0.3) is 0 Å². The van der Waals surface area contributed by atoms with Crippen molar-refractivity contribution in [3.05, 3.63) is 34.6 Å². The van der Waals surface area contributed by atoms with Crippen LogP contribution >= 0.6 is 11.6 Å². The first-order chi connectivity index (χ1) is 10.4. The summed E-state index contributed by atoms with van der Waals surface area (Å²) < 4.78 is 24.4. The number of ether oxygens (including phenoxy) is 2. The number of halogens is 2. The topological polar surface area (TPSA) is 41.9 Å². The minimum atomic E-state index is -0.644. The smallest absolute Gasteiger partial charge is 0.129 e. The largest absolute Gasteiger partial charge is 0.389 e. The van der Waals surface area contributed by atoms with E-state index in [1.165, 1.54) is 6.07 Å². The molecule has 6 heteroatoms. The fraction of sp³-hybridized carbons (Fsp3) is 0.625. The van der Waals surface area contributed by atoms with Gasteiger partial charge in [-0.2, -0.15) is 0 Å². The lowest BCUT2D eigenvalue weighted by molar-refractivity contribution is -0.0174. The van der Waals surface area contributed by atoms with Crippen LogP contribution in [0.2, 0.25) is 5.02 Å². The molecule has 22 heavy (non-hydrogen) atoms. The molecule has 0 saturated heterocycles. The molecule has 0 radical (unpaired) electrons. The molecule has 0 bridgehead atoms. The van der Waals surface area contributed by atoms with Crippen LogP contribution in [0.15, 0.2) is 18.2 Å². The molecule has 0 aliphatic heterocycles. The molecule has 1 atom stereocenters. The van der Waals surface area contributed by atoms with Gasteiger partial charge in [0.15, 0.2) is 0 Å². The van der Waals surface area contributed by atoms with Crippen molar-refractivity contribution in [1.29, 1.82) is 0 Å². The summed E-state index contributed by atoms with van der Waals surface area (Å²) in [4.78, 5) is 1.81. The molecule has 0 aromatic heterocycles. The van der Waals surface area contributed by atoms with Crippen LogP contribution < -0.4 is 0 Å². The Morgan fingerprint density at radius 1 is 1.32 bits per heavy atom. The van der Waals surface area contributed by atoms with Crippen molar-refractivity contribution >= 4 is 11.6 Å².